The van der Waals surface area contributed by atoms with Crippen molar-refractivity contribution in [1.82, 2.24) is 5.32 Å². The lowest BCUT2D eigenvalue weighted by molar-refractivity contribution is -0.117. The second-order valence-corrected chi connectivity index (χ2v) is 4.61. The first-order valence-electron chi connectivity index (χ1n) is 6.49. The van der Waals surface area contributed by atoms with Gasteiger partial charge >= 0.3 is 0 Å². The van der Waals surface area contributed by atoms with Crippen molar-refractivity contribution < 1.29 is 14.6 Å². The van der Waals surface area contributed by atoms with Gasteiger partial charge in [-0.2, -0.15) is 5.26 Å². The molecule has 0 radical (unpaired) electrons. The highest BCUT2D eigenvalue weighted by molar-refractivity contribution is 6.01. The van der Waals surface area contributed by atoms with Crippen LogP contribution in [0.25, 0.3) is 6.08 Å². The minimum absolute atomic E-state index is 0.0358. The van der Waals surface area contributed by atoms with Gasteiger partial charge in [0.25, 0.3) is 5.91 Å². The third-order valence-corrected chi connectivity index (χ3v) is 3.08. The summed E-state index contributed by atoms with van der Waals surface area (Å²) < 4.78 is 5.40. The molecule has 20 heavy (non-hydrogen) atoms. The van der Waals surface area contributed by atoms with Crippen molar-refractivity contribution in [2.75, 3.05) is 13.2 Å². The summed E-state index contributed by atoms with van der Waals surface area (Å²) in [6.45, 7) is 1.16. The Morgan fingerprint density at radius 3 is 2.85 bits per heavy atom. The number of hydrogen-bond donors (Lipinski definition) is 2. The smallest absolute Gasteiger partial charge is 0.262 e. The number of nitrogens with one attached hydrogen (secondary N) is 1. The molecular formula is C15H16N2O3. The number of benzene rings is 1. The van der Waals surface area contributed by atoms with E-state index in [9.17, 15) is 9.90 Å². The van der Waals surface area contributed by atoms with Crippen molar-refractivity contribution in [2.24, 2.45) is 0 Å². The van der Waals surface area contributed by atoms with E-state index in [1.807, 2.05) is 6.07 Å². The summed E-state index contributed by atoms with van der Waals surface area (Å²) in [5, 5.41) is 20.9. The number of phenols is 1. The van der Waals surface area contributed by atoms with Crippen LogP contribution in [0.5, 0.6) is 5.75 Å². The van der Waals surface area contributed by atoms with Gasteiger partial charge in [0, 0.05) is 13.2 Å². The number of carbonyl (C=O) groups is 1. The molecular weight excluding hydrogens is 256 g/mol. The van der Waals surface area contributed by atoms with Gasteiger partial charge in [0.15, 0.2) is 0 Å². The van der Waals surface area contributed by atoms with Crippen LogP contribution >= 0.6 is 0 Å². The molecule has 0 aliphatic carbocycles. The van der Waals surface area contributed by atoms with E-state index in [0.717, 1.165) is 19.4 Å². The summed E-state index contributed by atoms with van der Waals surface area (Å²) in [5.74, 6) is -0.264. The first kappa shape index (κ1) is 14.1. The van der Waals surface area contributed by atoms with Gasteiger partial charge in [0.2, 0.25) is 0 Å². The lowest BCUT2D eigenvalue weighted by atomic mass is 10.1. The summed E-state index contributed by atoms with van der Waals surface area (Å²) in [6.07, 6.45) is 3.48. The largest absolute Gasteiger partial charge is 0.508 e. The maximum atomic E-state index is 11.9. The van der Waals surface area contributed by atoms with Gasteiger partial charge in [-0.15, -0.1) is 0 Å². The SMILES string of the molecule is N#C/C(=C/c1ccc(O)cc1)C(=O)NCC1CCCO1. The van der Waals surface area contributed by atoms with Crippen molar-refractivity contribution in [1.29, 1.82) is 5.26 Å². The average Bonchev–Trinajstić information content (AvgIpc) is 2.97. The van der Waals surface area contributed by atoms with Crippen molar-refractivity contribution in [3.8, 4) is 11.8 Å². The Morgan fingerprint density at radius 1 is 1.50 bits per heavy atom. The molecule has 1 fully saturated rings. The Morgan fingerprint density at radius 2 is 2.25 bits per heavy atom. The van der Waals surface area contributed by atoms with Gasteiger partial charge in [-0.25, -0.2) is 0 Å². The molecule has 0 spiro atoms. The molecule has 1 aromatic rings. The maximum absolute atomic E-state index is 11.9. The number of hydrogen-bond acceptors (Lipinski definition) is 4. The minimum atomic E-state index is -0.406. The zero-order valence-electron chi connectivity index (χ0n) is 11.0. The Balaban J connectivity index is 1.97. The van der Waals surface area contributed by atoms with E-state index in [1.165, 1.54) is 18.2 Å². The second kappa shape index (κ2) is 6.73. The number of phenolic OH excluding ortho intramolecular Hbond substituents is 1. The predicted molar refractivity (Wildman–Crippen MR) is 73.7 cm³/mol. The van der Waals surface area contributed by atoms with Crippen LogP contribution in [0.2, 0.25) is 0 Å². The Labute approximate surface area is 117 Å². The first-order valence-corrected chi connectivity index (χ1v) is 6.49. The summed E-state index contributed by atoms with van der Waals surface area (Å²) >= 11 is 0. The minimum Gasteiger partial charge on any atom is -0.508 e. The molecule has 1 aromatic carbocycles. The van der Waals surface area contributed by atoms with Crippen LogP contribution in [0.15, 0.2) is 29.8 Å². The van der Waals surface area contributed by atoms with Crippen LogP contribution in [0, 0.1) is 11.3 Å². The molecule has 1 aliphatic rings. The molecule has 1 unspecified atom stereocenters. The number of nitrogens with zero attached hydrogens (tertiary/aromatic N) is 1. The molecule has 0 aromatic heterocycles. The molecule has 104 valence electrons. The molecule has 0 saturated carbocycles. The highest BCUT2D eigenvalue weighted by atomic mass is 16.5. The Kier molecular flexibility index (Phi) is 4.75. The summed E-state index contributed by atoms with van der Waals surface area (Å²) in [5.41, 5.74) is 0.723. The van der Waals surface area contributed by atoms with E-state index in [-0.39, 0.29) is 17.4 Å². The van der Waals surface area contributed by atoms with Gasteiger partial charge in [-0.05, 0) is 36.6 Å². The average molecular weight is 272 g/mol. The zero-order chi connectivity index (χ0) is 14.4. The predicted octanol–water partition coefficient (Wildman–Crippen LogP) is 1.59. The van der Waals surface area contributed by atoms with Crippen LogP contribution in [0.4, 0.5) is 0 Å². The fourth-order valence-electron chi connectivity index (χ4n) is 1.99. The van der Waals surface area contributed by atoms with Crippen LogP contribution in [0.1, 0.15) is 18.4 Å². The van der Waals surface area contributed by atoms with E-state index in [1.54, 1.807) is 12.1 Å². The maximum Gasteiger partial charge on any atom is 0.262 e. The summed E-state index contributed by atoms with van der Waals surface area (Å²) in [7, 11) is 0. The lowest BCUT2D eigenvalue weighted by Crippen LogP contribution is -2.32. The van der Waals surface area contributed by atoms with Crippen LogP contribution in [0.3, 0.4) is 0 Å². The molecule has 1 amide bonds. The number of carbonyl (C=O) groups excluding carboxylic acids is 1. The van der Waals surface area contributed by atoms with E-state index in [2.05, 4.69) is 5.32 Å². The van der Waals surface area contributed by atoms with Crippen LogP contribution in [-0.4, -0.2) is 30.3 Å². The normalized spacial score (nSPS) is 18.6. The number of nitriles is 1. The third kappa shape index (κ3) is 3.84. The molecule has 5 heteroatoms. The molecule has 0 bridgehead atoms. The van der Waals surface area contributed by atoms with Crippen molar-refractivity contribution in [3.05, 3.63) is 35.4 Å². The molecule has 1 saturated heterocycles. The molecule has 2 rings (SSSR count). The quantitative estimate of drug-likeness (QED) is 0.644. The first-order chi connectivity index (χ1) is 9.69. The molecule has 1 aliphatic heterocycles. The monoisotopic (exact) mass is 272 g/mol. The summed E-state index contributed by atoms with van der Waals surface area (Å²) in [6, 6.07) is 8.17. The molecule has 1 atom stereocenters. The number of rotatable bonds is 4. The van der Waals surface area contributed by atoms with Gasteiger partial charge in [-0.3, -0.25) is 4.79 Å². The molecule has 1 heterocycles. The van der Waals surface area contributed by atoms with E-state index in [0.29, 0.717) is 12.1 Å². The van der Waals surface area contributed by atoms with Gasteiger partial charge in [0.05, 0.1) is 6.10 Å². The highest BCUT2D eigenvalue weighted by Gasteiger charge is 2.17. The van der Waals surface area contributed by atoms with Gasteiger partial charge < -0.3 is 15.2 Å². The number of aromatic hydroxyl groups is 1. The van der Waals surface area contributed by atoms with E-state index in [4.69, 9.17) is 10.00 Å². The number of ether oxygens (including phenoxy) is 1. The van der Waals surface area contributed by atoms with Gasteiger partial charge in [-0.1, -0.05) is 12.1 Å². The fraction of sp³-hybridized carbons (Fsp3) is 0.333. The standard InChI is InChI=1S/C15H16N2O3/c16-9-12(8-11-3-5-13(18)6-4-11)15(19)17-10-14-2-1-7-20-14/h3-6,8,14,18H,1-2,7,10H2,(H,17,19)/b12-8-. The third-order valence-electron chi connectivity index (χ3n) is 3.08. The van der Waals surface area contributed by atoms with Crippen molar-refractivity contribution in [2.45, 2.75) is 18.9 Å². The zero-order valence-corrected chi connectivity index (χ0v) is 11.0. The van der Waals surface area contributed by atoms with E-state index < -0.39 is 5.91 Å². The van der Waals surface area contributed by atoms with Crippen LogP contribution < -0.4 is 5.32 Å². The fourth-order valence-corrected chi connectivity index (χ4v) is 1.99. The van der Waals surface area contributed by atoms with Crippen molar-refractivity contribution in [3.63, 3.8) is 0 Å². The number of amides is 1. The summed E-state index contributed by atoms with van der Waals surface area (Å²) in [4.78, 5) is 11.9. The topological polar surface area (TPSA) is 82.3 Å². The second-order valence-electron chi connectivity index (χ2n) is 4.61. The van der Waals surface area contributed by atoms with Gasteiger partial charge in [0.1, 0.15) is 17.4 Å². The Bertz CT molecular complexity index is 537. The molecule has 2 N–H and O–H groups in total. The van der Waals surface area contributed by atoms with E-state index >= 15 is 0 Å². The Hall–Kier alpha value is -2.32. The lowest BCUT2D eigenvalue weighted by Gasteiger charge is -2.10. The highest BCUT2D eigenvalue weighted by Crippen LogP contribution is 2.13. The molecule has 5 nitrogen and oxygen atoms in total. The van der Waals surface area contributed by atoms with Crippen LogP contribution in [-0.2, 0) is 9.53 Å². The van der Waals surface area contributed by atoms with Crippen molar-refractivity contribution >= 4 is 12.0 Å².